The first-order chi connectivity index (χ1) is 70.2. The normalized spacial score (nSPS) is 14.3. The van der Waals surface area contributed by atoms with Crippen LogP contribution in [0.15, 0.2) is 158 Å². The van der Waals surface area contributed by atoms with Crippen LogP contribution in [0.5, 0.6) is 11.5 Å². The maximum absolute atomic E-state index is 13.3. The van der Waals surface area contributed by atoms with Gasteiger partial charge in [0.1, 0.15) is 75.6 Å². The van der Waals surface area contributed by atoms with Crippen LogP contribution >= 0.6 is 126 Å². The van der Waals surface area contributed by atoms with Crippen LogP contribution in [0.25, 0.3) is 22.3 Å². The molecule has 4 saturated heterocycles. The number of imide groups is 4. The fraction of sp³-hybridized carbons (Fsp3) is 0.302. The molecule has 2 atom stereocenters. The van der Waals surface area contributed by atoms with E-state index in [1.807, 2.05) is 78.9 Å². The minimum absolute atomic E-state index is 0.220. The monoisotopic (exact) mass is 2270 g/mol. The lowest BCUT2D eigenvalue weighted by Crippen LogP contribution is -2.44. The Morgan fingerprint density at radius 1 is 0.470 bits per heavy atom. The molecule has 4 aliphatic rings. The molecule has 2 unspecified atom stereocenters. The first-order valence-electron chi connectivity index (χ1n) is 45.7. The number of pyridine rings is 2. The number of rotatable bonds is 22. The van der Waals surface area contributed by atoms with Gasteiger partial charge in [0, 0.05) is 65.6 Å². The Labute approximate surface area is 917 Å². The number of carbonyl (C=O) groups excluding carboxylic acids is 9. The number of carbonyl (C=O) groups is 9. The lowest BCUT2D eigenvalue weighted by Gasteiger charge is -2.27. The second kappa shape index (κ2) is 52.5. The number of hydrogen-bond acceptors (Lipinski definition) is 21. The van der Waals surface area contributed by atoms with Crippen molar-refractivity contribution >= 4 is 214 Å². The number of alkyl halides is 1. The van der Waals surface area contributed by atoms with Crippen LogP contribution in [0.4, 0.5) is 58.1 Å². The van der Waals surface area contributed by atoms with E-state index in [4.69, 9.17) is 134 Å². The van der Waals surface area contributed by atoms with Gasteiger partial charge in [-0.15, -0.1) is 17.2 Å². The van der Waals surface area contributed by atoms with Crippen LogP contribution in [-0.4, -0.2) is 151 Å². The van der Waals surface area contributed by atoms with E-state index in [-0.39, 0.29) is 74.0 Å². The molecule has 32 nitrogen and oxygen atoms in total. The smallest absolute Gasteiger partial charge is 0.332 e. The van der Waals surface area contributed by atoms with Crippen LogP contribution in [0, 0.1) is 121 Å². The molecule has 0 bridgehead atoms. The summed E-state index contributed by atoms with van der Waals surface area (Å²) in [6.07, 6.45) is 9.52. The summed E-state index contributed by atoms with van der Waals surface area (Å²) in [6, 6.07) is 48.7. The first kappa shape index (κ1) is 121. The summed E-state index contributed by atoms with van der Waals surface area (Å²) in [5.41, 5.74) is 12.5. The molecular weight excluding hydrogens is 2170 g/mol. The third-order valence-corrected chi connectivity index (χ3v) is 29.7. The fourth-order valence-corrected chi connectivity index (χ4v) is 17.1. The molecule has 14 rings (SSSR count). The molecule has 6 N–H and O–H groups in total. The number of amides is 14. The zero-order valence-corrected chi connectivity index (χ0v) is 94.0. The number of halogens is 9. The summed E-state index contributed by atoms with van der Waals surface area (Å²) >= 11 is 52.8. The Kier molecular flexibility index (Phi) is 42.5. The van der Waals surface area contributed by atoms with Crippen molar-refractivity contribution in [1.29, 1.82) is 36.8 Å². The van der Waals surface area contributed by atoms with Gasteiger partial charge in [0.25, 0.3) is 23.6 Å². The van der Waals surface area contributed by atoms with E-state index in [9.17, 15) is 58.9 Å². The van der Waals surface area contributed by atoms with Crippen LogP contribution in [0.3, 0.4) is 0 Å². The number of anilines is 6. The van der Waals surface area contributed by atoms with Crippen molar-refractivity contribution < 1.29 is 62.6 Å². The van der Waals surface area contributed by atoms with Gasteiger partial charge >= 0.3 is 30.2 Å². The molecule has 774 valence electrons. The van der Waals surface area contributed by atoms with Crippen molar-refractivity contribution in [2.24, 2.45) is 0 Å². The van der Waals surface area contributed by atoms with Crippen molar-refractivity contribution in [3.8, 4) is 76.2 Å². The average Bonchev–Trinajstić information content (AvgIpc) is 1.60. The maximum Gasteiger partial charge on any atom is 0.332 e. The van der Waals surface area contributed by atoms with Crippen molar-refractivity contribution in [3.05, 3.63) is 265 Å². The van der Waals surface area contributed by atoms with E-state index in [0.717, 1.165) is 72.2 Å². The highest BCUT2D eigenvalue weighted by molar-refractivity contribution is 9.09. The van der Waals surface area contributed by atoms with Gasteiger partial charge in [-0.1, -0.05) is 128 Å². The van der Waals surface area contributed by atoms with Gasteiger partial charge in [-0.05, 0) is 301 Å². The topological polar surface area (TPSA) is 460 Å². The Morgan fingerprint density at radius 3 is 1.11 bits per heavy atom. The Balaban J connectivity index is 0.000000224. The van der Waals surface area contributed by atoms with Crippen LogP contribution in [0.1, 0.15) is 162 Å². The number of benzene rings is 8. The van der Waals surface area contributed by atoms with Crippen molar-refractivity contribution in [3.63, 3.8) is 0 Å². The predicted molar refractivity (Wildman–Crippen MR) is 589 cm³/mol. The highest BCUT2D eigenvalue weighted by atomic mass is 79.9. The molecule has 14 amide bonds. The van der Waals surface area contributed by atoms with E-state index in [1.165, 1.54) is 58.7 Å². The van der Waals surface area contributed by atoms with Crippen LogP contribution in [-0.2, 0) is 19.2 Å². The summed E-state index contributed by atoms with van der Waals surface area (Å²) in [6.45, 7) is 30.8. The molecule has 4 aliphatic heterocycles. The van der Waals surface area contributed by atoms with E-state index in [2.05, 4.69) is 52.7 Å². The second-order valence-electron chi connectivity index (χ2n) is 36.1. The molecule has 0 saturated carbocycles. The molecule has 10 aromatic rings. The summed E-state index contributed by atoms with van der Waals surface area (Å²) < 4.78 is 12.7. The van der Waals surface area contributed by atoms with Crippen molar-refractivity contribution in [2.45, 2.75) is 165 Å². The molecule has 0 aliphatic carbocycles. The molecule has 6 heterocycles. The number of nitrogens with one attached hydrogen (secondary N) is 3. The zero-order valence-electron chi connectivity index (χ0n) is 84.2. The summed E-state index contributed by atoms with van der Waals surface area (Å²) in [5, 5.41) is 83.0. The minimum atomic E-state index is -1.06. The largest absolute Gasteiger partial charge is 0.492 e. The molecule has 4 fully saturated rings. The molecule has 43 heteroatoms. The van der Waals surface area contributed by atoms with Gasteiger partial charge in [-0.25, -0.2) is 43.6 Å². The van der Waals surface area contributed by atoms with Gasteiger partial charge in [-0.3, -0.25) is 29.4 Å². The van der Waals surface area contributed by atoms with Crippen molar-refractivity contribution in [2.75, 3.05) is 75.0 Å². The Morgan fingerprint density at radius 2 is 0.792 bits per heavy atom. The van der Waals surface area contributed by atoms with E-state index in [0.29, 0.717) is 148 Å². The standard InChI is InChI=1S/C27H25Cl2N4O4.C27H24Cl2N4O3.C16H17BrClN3O2.C13H13ClN4O.C13H12ClN3O2.C8H7ClN2.C2H8P2/c1-17-22(7-5-20(16-30)24(17)29)33-25(34)27(2,3)32(26(33)35)11-4-14-37-23-8-6-19(15-21(23)28)18-9-12-31(36)13-10-18;1-17-22(7-5-20(16-30)24(17)29)33-25(34)27(2,3)32(26(33)35)13-4-14-36-23-8-6-19(15-21(23)28)18-9-11-31-12-10-18;1-10-12(6-5-11(9-19)13(10)18)21-14(22)16(2,3)20(15(21)23)8-4-7-17;1-8-10(5-4-9(6-15)11(8)14)17-12(19)18-13(2,3)7-16;1-7-9(5-4-8(6-15)10(7)14)17-11(18)13(2,3)16-12(17)19;1-5-7(11)3-2-6(4-10)8(5)9;1-2-4-3/h5-10,12-13,15,36H,4,11,14H2,1-3H3;5-12,15H,4,13-14H2,1-3H3;5-6H,4,7-8H2,1-3H3;4-5H,1-3H3,(H2,17,18,19);4-5H,1-3H3,(H,16,19);2-3H,11H2,1H3;4H,2-3H2,1H3/q+1;;;;;;. The third-order valence-electron chi connectivity index (χ3n) is 24.0. The maximum atomic E-state index is 13.3. The molecule has 0 spiro atoms. The zero-order chi connectivity index (χ0) is 111. The lowest BCUT2D eigenvalue weighted by molar-refractivity contribution is -0.904. The van der Waals surface area contributed by atoms with Crippen LogP contribution in [0.2, 0.25) is 40.2 Å². The number of nitrogens with zero attached hydrogens (tertiary/aromatic N) is 16. The number of ether oxygens (including phenoxy) is 2. The first-order valence-corrected chi connectivity index (χ1v) is 52.9. The molecule has 8 aromatic carbocycles. The van der Waals surface area contributed by atoms with Gasteiger partial charge in [0.15, 0.2) is 0 Å². The van der Waals surface area contributed by atoms with Crippen molar-refractivity contribution in [1.82, 2.24) is 30.3 Å². The van der Waals surface area contributed by atoms with E-state index in [1.54, 1.807) is 195 Å². The average molecular weight is 2280 g/mol. The second-order valence-corrected chi connectivity index (χ2v) is 42.3. The SMILES string of the molecule is CCPP.Cc1c(N)ccc(C#N)c1Cl.Cc1c(N2C(=O)N(CCCBr)C(C)(C)C2=O)ccc(C#N)c1Cl.Cc1c(N2C(=O)N(CCCOc3ccc(-c4cc[n+](O)cc4)cc3Cl)C(C)(C)C2=O)ccc(C#N)c1Cl.Cc1c(N2C(=O)N(CCCOc3ccc(-c4ccncc4)cc3Cl)C(C)(C)C2=O)ccc(C#N)c1Cl.Cc1c(N2C(=O)NC(C)(C)C2=O)ccc(C#N)c1Cl.Cc1c(NC(=O)NC(C)(C)C#N)ccc(C#N)c1Cl. The Hall–Kier alpha value is -13.6. The van der Waals surface area contributed by atoms with Gasteiger partial charge in [-0.2, -0.15) is 36.8 Å². The van der Waals surface area contributed by atoms with Gasteiger partial charge in [0.05, 0.1) is 116 Å². The van der Waals surface area contributed by atoms with E-state index >= 15 is 0 Å². The minimum Gasteiger partial charge on any atom is -0.492 e. The summed E-state index contributed by atoms with van der Waals surface area (Å²) in [5.74, 6) is -0.309. The molecule has 0 radical (unpaired) electrons. The number of nitrogen functional groups attached to an aromatic ring is 1. The van der Waals surface area contributed by atoms with Crippen LogP contribution < -0.4 is 55.5 Å². The van der Waals surface area contributed by atoms with Gasteiger partial charge < -0.3 is 45.9 Å². The lowest BCUT2D eigenvalue weighted by atomic mass is 10.0. The summed E-state index contributed by atoms with van der Waals surface area (Å²) in [7, 11) is 3.74. The third kappa shape index (κ3) is 27.9. The number of urea groups is 5. The number of aromatic nitrogens is 2. The summed E-state index contributed by atoms with van der Waals surface area (Å²) in [4.78, 5) is 128. The molecular formula is C106H106BrCl8N20O12P2+. The highest BCUT2D eigenvalue weighted by Gasteiger charge is 2.55. The number of nitrogens with two attached hydrogens (primary N) is 1. The van der Waals surface area contributed by atoms with E-state index < -0.39 is 51.8 Å². The predicted octanol–water partition coefficient (Wildman–Crippen LogP) is 24.4. The number of hydrogen-bond donors (Lipinski definition) is 5. The molecule has 2 aromatic heterocycles. The number of nitriles is 7. The molecule has 149 heavy (non-hydrogen) atoms. The Bertz CT molecular complexity index is 7180. The quantitative estimate of drug-likeness (QED) is 0.00800. The highest BCUT2D eigenvalue weighted by Crippen LogP contribution is 2.44. The van der Waals surface area contributed by atoms with Gasteiger partial charge in [0.2, 0.25) is 12.4 Å². The fourth-order valence-electron chi connectivity index (χ4n) is 15.2.